The van der Waals surface area contributed by atoms with Crippen LogP contribution in [0, 0.1) is 23.7 Å². The summed E-state index contributed by atoms with van der Waals surface area (Å²) in [4.78, 5) is 25.5. The van der Waals surface area contributed by atoms with E-state index in [1.807, 2.05) is 0 Å². The van der Waals surface area contributed by atoms with Gasteiger partial charge in [-0.25, -0.2) is 0 Å². The van der Waals surface area contributed by atoms with Crippen LogP contribution in [0.2, 0.25) is 0 Å². The predicted octanol–water partition coefficient (Wildman–Crippen LogP) is 8.00. The molecule has 4 atom stereocenters. The number of nitrogens with zero attached hydrogens (tertiary/aromatic N) is 1. The SMILES string of the molecule is CCCCCCCCCCCCCCCCCCC1C2C=CC(C2)C1CN1C(=O)C=CC1=O. The lowest BCUT2D eigenvalue weighted by Gasteiger charge is -2.31. The molecule has 0 aromatic rings. The molecule has 186 valence electrons. The Morgan fingerprint density at radius 2 is 1.06 bits per heavy atom. The van der Waals surface area contributed by atoms with Crippen LogP contribution in [0.15, 0.2) is 24.3 Å². The largest absolute Gasteiger partial charge is 0.275 e. The van der Waals surface area contributed by atoms with Crippen molar-refractivity contribution in [3.63, 3.8) is 0 Å². The summed E-state index contributed by atoms with van der Waals surface area (Å²) in [5.41, 5.74) is 0. The van der Waals surface area contributed by atoms with E-state index in [9.17, 15) is 9.59 Å². The first-order valence-corrected chi connectivity index (χ1v) is 14.4. The zero-order valence-electron chi connectivity index (χ0n) is 21.3. The molecule has 33 heavy (non-hydrogen) atoms. The molecule has 1 fully saturated rings. The normalized spacial score (nSPS) is 25.8. The summed E-state index contributed by atoms with van der Waals surface area (Å²) in [5, 5.41) is 0. The highest BCUT2D eigenvalue weighted by Gasteiger charge is 2.45. The molecular weight excluding hydrogens is 406 g/mol. The zero-order valence-corrected chi connectivity index (χ0v) is 21.3. The summed E-state index contributed by atoms with van der Waals surface area (Å²) in [7, 11) is 0. The van der Waals surface area contributed by atoms with Gasteiger partial charge in [0.1, 0.15) is 0 Å². The van der Waals surface area contributed by atoms with Gasteiger partial charge < -0.3 is 0 Å². The third-order valence-corrected chi connectivity index (χ3v) is 8.48. The van der Waals surface area contributed by atoms with Crippen molar-refractivity contribution in [3.05, 3.63) is 24.3 Å². The van der Waals surface area contributed by atoms with Gasteiger partial charge in [-0.1, -0.05) is 122 Å². The maximum atomic E-state index is 12.0. The predicted molar refractivity (Wildman–Crippen MR) is 138 cm³/mol. The van der Waals surface area contributed by atoms with Crippen molar-refractivity contribution in [2.24, 2.45) is 23.7 Å². The average molecular weight is 456 g/mol. The Hall–Kier alpha value is -1.38. The smallest absolute Gasteiger partial charge is 0.253 e. The fourth-order valence-corrected chi connectivity index (χ4v) is 6.48. The van der Waals surface area contributed by atoms with Gasteiger partial charge >= 0.3 is 0 Å². The number of imide groups is 1. The van der Waals surface area contributed by atoms with E-state index in [0.29, 0.717) is 30.2 Å². The minimum Gasteiger partial charge on any atom is -0.275 e. The summed E-state index contributed by atoms with van der Waals surface area (Å²) in [5.74, 6) is 2.15. The molecule has 1 aliphatic heterocycles. The number of amides is 2. The molecule has 2 aliphatic carbocycles. The van der Waals surface area contributed by atoms with Gasteiger partial charge in [0.05, 0.1) is 0 Å². The number of hydrogen-bond donors (Lipinski definition) is 0. The first-order chi connectivity index (χ1) is 16.2. The maximum absolute atomic E-state index is 12.0. The van der Waals surface area contributed by atoms with Gasteiger partial charge in [0.25, 0.3) is 11.8 Å². The van der Waals surface area contributed by atoms with E-state index in [2.05, 4.69) is 19.1 Å². The summed E-state index contributed by atoms with van der Waals surface area (Å²) < 4.78 is 0. The molecule has 1 saturated carbocycles. The Labute approximate surface area is 203 Å². The summed E-state index contributed by atoms with van der Waals surface area (Å²) in [6.07, 6.45) is 32.6. The lowest BCUT2D eigenvalue weighted by atomic mass is 9.79. The van der Waals surface area contributed by atoms with Crippen LogP contribution in [0.1, 0.15) is 122 Å². The third-order valence-electron chi connectivity index (χ3n) is 8.48. The van der Waals surface area contributed by atoms with Crippen LogP contribution in [0.25, 0.3) is 0 Å². The monoisotopic (exact) mass is 455 g/mol. The Morgan fingerprint density at radius 1 is 0.636 bits per heavy atom. The molecule has 0 N–H and O–H groups in total. The van der Waals surface area contributed by atoms with Crippen molar-refractivity contribution in [2.45, 2.75) is 122 Å². The molecule has 0 radical (unpaired) electrons. The summed E-state index contributed by atoms with van der Waals surface area (Å²) in [6.45, 7) is 2.91. The second-order valence-electron chi connectivity index (χ2n) is 11.0. The first-order valence-electron chi connectivity index (χ1n) is 14.4. The fraction of sp³-hybridized carbons (Fsp3) is 0.800. The number of rotatable bonds is 19. The third kappa shape index (κ3) is 8.41. The minimum atomic E-state index is -0.118. The highest BCUT2D eigenvalue weighted by Crippen LogP contribution is 2.50. The first kappa shape index (κ1) is 26.2. The van der Waals surface area contributed by atoms with E-state index < -0.39 is 0 Å². The molecule has 3 nitrogen and oxygen atoms in total. The Kier molecular flexibility index (Phi) is 11.8. The van der Waals surface area contributed by atoms with Crippen molar-refractivity contribution >= 4 is 11.8 Å². The van der Waals surface area contributed by atoms with E-state index in [-0.39, 0.29) is 11.8 Å². The zero-order chi connectivity index (χ0) is 23.3. The van der Waals surface area contributed by atoms with Crippen LogP contribution in [-0.2, 0) is 9.59 Å². The molecule has 3 aliphatic rings. The lowest BCUT2D eigenvalue weighted by molar-refractivity contribution is -0.137. The van der Waals surface area contributed by atoms with Crippen LogP contribution in [0.5, 0.6) is 0 Å². The topological polar surface area (TPSA) is 37.4 Å². The Bertz CT molecular complexity index is 634. The number of allylic oxidation sites excluding steroid dienone is 2. The van der Waals surface area contributed by atoms with Crippen LogP contribution >= 0.6 is 0 Å². The van der Waals surface area contributed by atoms with Gasteiger partial charge in [0.2, 0.25) is 0 Å². The fourth-order valence-electron chi connectivity index (χ4n) is 6.48. The van der Waals surface area contributed by atoms with Crippen LogP contribution < -0.4 is 0 Å². The minimum absolute atomic E-state index is 0.118. The van der Waals surface area contributed by atoms with Crippen molar-refractivity contribution < 1.29 is 9.59 Å². The van der Waals surface area contributed by atoms with E-state index in [1.165, 1.54) is 133 Å². The highest BCUT2D eigenvalue weighted by atomic mass is 16.2. The molecular formula is C30H49NO2. The second kappa shape index (κ2) is 14.8. The molecule has 2 bridgehead atoms. The molecule has 1 heterocycles. The second-order valence-corrected chi connectivity index (χ2v) is 11.0. The van der Waals surface area contributed by atoms with E-state index in [1.54, 1.807) is 0 Å². The van der Waals surface area contributed by atoms with Crippen molar-refractivity contribution in [1.29, 1.82) is 0 Å². The standard InChI is InChI=1S/C30H49NO2/c1-2-3-4-5-6-7-8-9-10-11-12-13-14-15-16-17-18-27-25-19-20-26(23-25)28(27)24-31-29(32)21-22-30(31)33/h19-22,25-28H,2-18,23-24H2,1H3. The van der Waals surface area contributed by atoms with E-state index in [0.717, 1.165) is 0 Å². The molecule has 0 aromatic carbocycles. The number of hydrogen-bond acceptors (Lipinski definition) is 2. The van der Waals surface area contributed by atoms with E-state index in [4.69, 9.17) is 0 Å². The molecule has 0 spiro atoms. The van der Waals surface area contributed by atoms with Gasteiger partial charge in [-0.3, -0.25) is 14.5 Å². The number of carbonyl (C=O) groups excluding carboxylic acids is 2. The van der Waals surface area contributed by atoms with Crippen molar-refractivity contribution in [3.8, 4) is 0 Å². The van der Waals surface area contributed by atoms with Crippen LogP contribution in [0.3, 0.4) is 0 Å². The van der Waals surface area contributed by atoms with Gasteiger partial charge in [-0.2, -0.15) is 0 Å². The van der Waals surface area contributed by atoms with Gasteiger partial charge in [0.15, 0.2) is 0 Å². The molecule has 0 saturated heterocycles. The number of unbranched alkanes of at least 4 members (excludes halogenated alkanes) is 15. The van der Waals surface area contributed by atoms with Gasteiger partial charge in [-0.15, -0.1) is 0 Å². The lowest BCUT2D eigenvalue weighted by Crippen LogP contribution is -2.38. The van der Waals surface area contributed by atoms with Gasteiger partial charge in [-0.05, 0) is 36.5 Å². The molecule has 2 amide bonds. The molecule has 3 heteroatoms. The van der Waals surface area contributed by atoms with Crippen molar-refractivity contribution in [1.82, 2.24) is 4.90 Å². The Morgan fingerprint density at radius 3 is 1.55 bits per heavy atom. The Balaban J connectivity index is 1.16. The average Bonchev–Trinajstić information content (AvgIpc) is 3.51. The maximum Gasteiger partial charge on any atom is 0.253 e. The summed E-state index contributed by atoms with van der Waals surface area (Å²) >= 11 is 0. The quantitative estimate of drug-likeness (QED) is 0.112. The highest BCUT2D eigenvalue weighted by molar-refractivity contribution is 6.12. The van der Waals surface area contributed by atoms with E-state index >= 15 is 0 Å². The van der Waals surface area contributed by atoms with Gasteiger partial charge in [0, 0.05) is 18.7 Å². The molecule has 4 unspecified atom stereocenters. The van der Waals surface area contributed by atoms with Crippen molar-refractivity contribution in [2.75, 3.05) is 6.54 Å². The molecule has 3 rings (SSSR count). The van der Waals surface area contributed by atoms with Crippen LogP contribution in [-0.4, -0.2) is 23.3 Å². The summed E-state index contributed by atoms with van der Waals surface area (Å²) in [6, 6.07) is 0. The number of carbonyl (C=O) groups is 2. The van der Waals surface area contributed by atoms with Crippen LogP contribution in [0.4, 0.5) is 0 Å². The number of fused-ring (bicyclic) bond motifs is 2. The molecule has 0 aromatic heterocycles.